The number of ketones is 1. The Morgan fingerprint density at radius 1 is 1.11 bits per heavy atom. The van der Waals surface area contributed by atoms with Gasteiger partial charge in [-0.3, -0.25) is 19.5 Å². The van der Waals surface area contributed by atoms with Crippen molar-refractivity contribution >= 4 is 23.3 Å². The van der Waals surface area contributed by atoms with Crippen LogP contribution < -0.4 is 10.6 Å². The molecule has 0 atom stereocenters. The Morgan fingerprint density at radius 2 is 1.77 bits per heavy atom. The molecule has 2 amide bonds. The molecule has 0 saturated carbocycles. The normalized spacial score (nSPS) is 11.9. The number of hydrogen-bond donors (Lipinski definition) is 3. The van der Waals surface area contributed by atoms with Crippen LogP contribution in [0.2, 0.25) is 0 Å². The third-order valence-corrected chi connectivity index (χ3v) is 5.75. The molecule has 0 aliphatic carbocycles. The van der Waals surface area contributed by atoms with E-state index in [9.17, 15) is 31.9 Å². The van der Waals surface area contributed by atoms with Crippen molar-refractivity contribution in [2.75, 3.05) is 5.32 Å². The molecule has 12 heteroatoms. The summed E-state index contributed by atoms with van der Waals surface area (Å²) in [7, 11) is 1.48. The second-order valence-electron chi connectivity index (χ2n) is 8.53. The number of aromatic amines is 1. The van der Waals surface area contributed by atoms with Crippen molar-refractivity contribution < 1.29 is 31.9 Å². The number of carbonyl (C=O) groups is 3. The van der Waals surface area contributed by atoms with E-state index in [2.05, 4.69) is 20.8 Å². The fourth-order valence-corrected chi connectivity index (χ4v) is 3.76. The zero-order valence-corrected chi connectivity index (χ0v) is 19.5. The molecule has 0 saturated heterocycles. The van der Waals surface area contributed by atoms with E-state index in [1.807, 2.05) is 0 Å². The van der Waals surface area contributed by atoms with Crippen molar-refractivity contribution in [1.82, 2.24) is 20.1 Å². The fraction of sp³-hybridized carbons (Fsp3) is 0.304. The average molecular weight is 493 g/mol. The van der Waals surface area contributed by atoms with Crippen LogP contribution in [0, 0.1) is 19.7 Å². The molecule has 0 aliphatic heterocycles. The number of amides is 2. The van der Waals surface area contributed by atoms with Crippen molar-refractivity contribution in [3.05, 3.63) is 70.1 Å². The van der Waals surface area contributed by atoms with Gasteiger partial charge in [-0.25, -0.2) is 4.39 Å². The van der Waals surface area contributed by atoms with Crippen molar-refractivity contribution in [2.45, 2.75) is 39.4 Å². The maximum atomic E-state index is 13.6. The smallest absolute Gasteiger partial charge is 0.343 e. The highest BCUT2D eigenvalue weighted by molar-refractivity contribution is 6.43. The van der Waals surface area contributed by atoms with Crippen molar-refractivity contribution in [3.8, 4) is 0 Å². The molecule has 0 bridgehead atoms. The van der Waals surface area contributed by atoms with E-state index in [-0.39, 0.29) is 22.5 Å². The number of anilines is 1. The van der Waals surface area contributed by atoms with E-state index in [1.165, 1.54) is 31.7 Å². The highest BCUT2D eigenvalue weighted by Crippen LogP contribution is 2.33. The van der Waals surface area contributed by atoms with Gasteiger partial charge in [0.25, 0.3) is 17.6 Å². The minimum atomic E-state index is -4.94. The van der Waals surface area contributed by atoms with Crippen LogP contribution in [0.1, 0.15) is 57.1 Å². The Kier molecular flexibility index (Phi) is 6.60. The maximum absolute atomic E-state index is 13.6. The number of Topliss-reactive ketones (excluding diaryl/α,β-unsaturated/α-hetero) is 1. The van der Waals surface area contributed by atoms with Crippen LogP contribution in [0.5, 0.6) is 0 Å². The van der Waals surface area contributed by atoms with Gasteiger partial charge in [0, 0.05) is 30.2 Å². The minimum Gasteiger partial charge on any atom is -0.343 e. The molecule has 2 heterocycles. The molecule has 0 unspecified atom stereocenters. The molecule has 8 nitrogen and oxygen atoms in total. The molecule has 1 aromatic carbocycles. The highest BCUT2D eigenvalue weighted by atomic mass is 19.4. The van der Waals surface area contributed by atoms with E-state index in [0.29, 0.717) is 23.4 Å². The molecule has 0 spiro atoms. The summed E-state index contributed by atoms with van der Waals surface area (Å²) in [4.78, 5) is 38.7. The van der Waals surface area contributed by atoms with Crippen molar-refractivity contribution in [2.24, 2.45) is 7.05 Å². The summed E-state index contributed by atoms with van der Waals surface area (Å²) in [5.41, 5.74) is -1.66. The zero-order valence-electron chi connectivity index (χ0n) is 19.5. The Balaban J connectivity index is 1.89. The number of rotatable bonds is 6. The van der Waals surface area contributed by atoms with E-state index in [4.69, 9.17) is 0 Å². The second kappa shape index (κ2) is 9.01. The molecule has 2 aromatic heterocycles. The number of halogens is 4. The third-order valence-electron chi connectivity index (χ3n) is 5.75. The largest absolute Gasteiger partial charge is 0.419 e. The number of nitrogens with zero attached hydrogens (tertiary/aromatic N) is 2. The zero-order chi connectivity index (χ0) is 26.3. The summed E-state index contributed by atoms with van der Waals surface area (Å²) in [5, 5.41) is 11.4. The monoisotopic (exact) mass is 493 g/mol. The predicted octanol–water partition coefficient (Wildman–Crippen LogP) is 4.01. The van der Waals surface area contributed by atoms with Gasteiger partial charge in [0.2, 0.25) is 0 Å². The van der Waals surface area contributed by atoms with Gasteiger partial charge in [-0.1, -0.05) is 0 Å². The quantitative estimate of drug-likeness (QED) is 0.274. The van der Waals surface area contributed by atoms with E-state index < -0.39 is 40.7 Å². The first-order chi connectivity index (χ1) is 16.1. The Labute approximate surface area is 197 Å². The maximum Gasteiger partial charge on any atom is 0.419 e. The SMILES string of the molecule is Cc1c(C(=O)C(=O)NC(C)(C)c2cn[nH]c2)c(C)n(C)c1C(=O)Nc1ccc(F)c(C(F)(F)F)c1. The summed E-state index contributed by atoms with van der Waals surface area (Å²) in [6.45, 7) is 6.36. The molecule has 3 aromatic rings. The van der Waals surface area contributed by atoms with Crippen LogP contribution in [-0.4, -0.2) is 32.4 Å². The molecule has 3 N–H and O–H groups in total. The van der Waals surface area contributed by atoms with Crippen LogP contribution in [0.4, 0.5) is 23.2 Å². The number of hydrogen-bond acceptors (Lipinski definition) is 4. The highest BCUT2D eigenvalue weighted by Gasteiger charge is 2.35. The summed E-state index contributed by atoms with van der Waals surface area (Å²) < 4.78 is 54.0. The lowest BCUT2D eigenvalue weighted by molar-refractivity contribution is -0.140. The van der Waals surface area contributed by atoms with Crippen LogP contribution in [0.15, 0.2) is 30.6 Å². The number of H-pyrrole nitrogens is 1. The van der Waals surface area contributed by atoms with Gasteiger partial charge >= 0.3 is 6.18 Å². The number of alkyl halides is 3. The van der Waals surface area contributed by atoms with E-state index in [0.717, 1.165) is 6.07 Å². The molecule has 0 fully saturated rings. The summed E-state index contributed by atoms with van der Waals surface area (Å²) in [6.07, 6.45) is -1.86. The molecular formula is C23H23F4N5O3. The number of nitrogens with one attached hydrogen (secondary N) is 3. The van der Waals surface area contributed by atoms with Gasteiger partial charge in [-0.2, -0.15) is 18.3 Å². The first kappa shape index (κ1) is 25.7. The lowest BCUT2D eigenvalue weighted by Crippen LogP contribution is -2.44. The summed E-state index contributed by atoms with van der Waals surface area (Å²) in [6, 6.07) is 2.07. The third kappa shape index (κ3) is 4.96. The van der Waals surface area contributed by atoms with Crippen molar-refractivity contribution in [1.29, 1.82) is 0 Å². The number of carbonyl (C=O) groups excluding carboxylic acids is 3. The summed E-state index contributed by atoms with van der Waals surface area (Å²) >= 11 is 0. The topological polar surface area (TPSA) is 109 Å². The van der Waals surface area contributed by atoms with Gasteiger partial charge in [-0.05, 0) is 51.5 Å². The first-order valence-corrected chi connectivity index (χ1v) is 10.3. The standard InChI is InChI=1S/C23H23F4N5O3/c1-11-17(19(33)21(35)31-22(3,4)13-9-28-29-10-13)12(2)32(5)18(11)20(34)30-14-6-7-16(24)15(8-14)23(25,26)27/h6-10H,1-5H3,(H,28,29)(H,30,34)(H,31,35). The summed E-state index contributed by atoms with van der Waals surface area (Å²) in [5.74, 6) is -4.09. The molecular weight excluding hydrogens is 470 g/mol. The van der Waals surface area contributed by atoms with Gasteiger partial charge in [-0.15, -0.1) is 0 Å². The predicted molar refractivity (Wildman–Crippen MR) is 118 cm³/mol. The Bertz CT molecular complexity index is 1310. The molecule has 186 valence electrons. The van der Waals surface area contributed by atoms with Gasteiger partial charge in [0.05, 0.1) is 22.9 Å². The van der Waals surface area contributed by atoms with Gasteiger partial charge in [0.15, 0.2) is 0 Å². The number of benzene rings is 1. The van der Waals surface area contributed by atoms with Crippen LogP contribution >= 0.6 is 0 Å². The Hall–Kier alpha value is -3.96. The number of aromatic nitrogens is 3. The van der Waals surface area contributed by atoms with Gasteiger partial charge in [0.1, 0.15) is 11.5 Å². The fourth-order valence-electron chi connectivity index (χ4n) is 3.76. The van der Waals surface area contributed by atoms with E-state index in [1.54, 1.807) is 20.0 Å². The first-order valence-electron chi connectivity index (χ1n) is 10.3. The van der Waals surface area contributed by atoms with Crippen molar-refractivity contribution in [3.63, 3.8) is 0 Å². The van der Waals surface area contributed by atoms with Crippen LogP contribution in [-0.2, 0) is 23.6 Å². The molecule has 0 radical (unpaired) electrons. The Morgan fingerprint density at radius 3 is 2.34 bits per heavy atom. The van der Waals surface area contributed by atoms with E-state index >= 15 is 0 Å². The van der Waals surface area contributed by atoms with Gasteiger partial charge < -0.3 is 15.2 Å². The lowest BCUT2D eigenvalue weighted by Gasteiger charge is -2.24. The molecule has 3 rings (SSSR count). The average Bonchev–Trinajstić information content (AvgIpc) is 3.36. The molecule has 0 aliphatic rings. The van der Waals surface area contributed by atoms with Crippen LogP contribution in [0.3, 0.4) is 0 Å². The second-order valence-corrected chi connectivity index (χ2v) is 8.53. The lowest BCUT2D eigenvalue weighted by atomic mass is 9.96. The minimum absolute atomic E-state index is 0.00627. The molecule has 35 heavy (non-hydrogen) atoms. The van der Waals surface area contributed by atoms with Crippen LogP contribution in [0.25, 0.3) is 0 Å².